The second-order valence-corrected chi connectivity index (χ2v) is 3.42. The average Bonchev–Trinajstić information content (AvgIpc) is 2.11. The van der Waals surface area contributed by atoms with Gasteiger partial charge in [-0.2, -0.15) is 0 Å². The van der Waals surface area contributed by atoms with Gasteiger partial charge in [0, 0.05) is 24.2 Å². The van der Waals surface area contributed by atoms with Crippen molar-refractivity contribution in [2.24, 2.45) is 0 Å². The number of Topliss-reactive ketones (excluding diaryl/α,β-unsaturated/α-hetero) is 2. The molecule has 0 aliphatic heterocycles. The van der Waals surface area contributed by atoms with Gasteiger partial charge in [-0.15, -0.1) is 6.58 Å². The van der Waals surface area contributed by atoms with Crippen LogP contribution in [0.25, 0.3) is 0 Å². The first-order chi connectivity index (χ1) is 6.53. The number of hydrogen-bond donors (Lipinski definition) is 0. The summed E-state index contributed by atoms with van der Waals surface area (Å²) in [6.07, 6.45) is 1.08. The molecule has 1 aliphatic rings. The third kappa shape index (κ3) is 1.57. The lowest BCUT2D eigenvalue weighted by Crippen LogP contribution is -2.50. The summed E-state index contributed by atoms with van der Waals surface area (Å²) in [5.74, 6) is -0.676. The number of carbonyl (C=O) groups is 2. The molecule has 0 heterocycles. The molecule has 1 rings (SSSR count). The Balaban J connectivity index is 3.03. The number of carbonyl (C=O) groups excluding carboxylic acids is 2. The Bertz CT molecular complexity index is 310. The maximum absolute atomic E-state index is 11.5. The monoisotopic (exact) mass is 197 g/mol. The highest BCUT2D eigenvalue weighted by Crippen LogP contribution is 2.29. The first kappa shape index (κ1) is 10.6. The molecule has 1 atom stereocenters. The first-order valence-electron chi connectivity index (χ1n) is 4.33. The van der Waals surface area contributed by atoms with Crippen LogP contribution in [0, 0.1) is 10.1 Å². The van der Waals surface area contributed by atoms with Crippen LogP contribution >= 0.6 is 0 Å². The van der Waals surface area contributed by atoms with Gasteiger partial charge in [-0.25, -0.2) is 0 Å². The van der Waals surface area contributed by atoms with Gasteiger partial charge in [-0.05, 0) is 0 Å². The van der Waals surface area contributed by atoms with Crippen LogP contribution in [-0.4, -0.2) is 22.0 Å². The van der Waals surface area contributed by atoms with E-state index in [1.54, 1.807) is 0 Å². The minimum absolute atomic E-state index is 0.0202. The molecule has 76 valence electrons. The lowest BCUT2D eigenvalue weighted by atomic mass is 9.78. The van der Waals surface area contributed by atoms with Crippen LogP contribution in [-0.2, 0) is 9.59 Å². The predicted molar refractivity (Wildman–Crippen MR) is 48.4 cm³/mol. The van der Waals surface area contributed by atoms with Gasteiger partial charge in [-0.1, -0.05) is 6.08 Å². The molecule has 14 heavy (non-hydrogen) atoms. The number of nitro groups is 1. The fourth-order valence-electron chi connectivity index (χ4n) is 1.66. The zero-order valence-corrected chi connectivity index (χ0v) is 7.69. The van der Waals surface area contributed by atoms with Gasteiger partial charge in [0.15, 0.2) is 0 Å². The molecule has 0 bridgehead atoms. The van der Waals surface area contributed by atoms with Crippen molar-refractivity contribution in [3.63, 3.8) is 0 Å². The van der Waals surface area contributed by atoms with Crippen molar-refractivity contribution in [3.8, 4) is 0 Å². The van der Waals surface area contributed by atoms with Crippen molar-refractivity contribution in [1.82, 2.24) is 0 Å². The van der Waals surface area contributed by atoms with Gasteiger partial charge in [0.05, 0.1) is 6.42 Å². The second kappa shape index (κ2) is 3.69. The van der Waals surface area contributed by atoms with Crippen molar-refractivity contribution < 1.29 is 14.5 Å². The molecule has 1 aliphatic carbocycles. The molecule has 0 aromatic carbocycles. The molecular weight excluding hydrogens is 186 g/mol. The molecule has 1 fully saturated rings. The van der Waals surface area contributed by atoms with Gasteiger partial charge >= 0.3 is 0 Å². The van der Waals surface area contributed by atoms with Crippen molar-refractivity contribution in [3.05, 3.63) is 22.8 Å². The van der Waals surface area contributed by atoms with Gasteiger partial charge < -0.3 is 0 Å². The van der Waals surface area contributed by atoms with Crippen LogP contribution in [0.5, 0.6) is 0 Å². The van der Waals surface area contributed by atoms with E-state index in [9.17, 15) is 19.7 Å². The summed E-state index contributed by atoms with van der Waals surface area (Å²) >= 11 is 0. The highest BCUT2D eigenvalue weighted by Gasteiger charge is 2.52. The highest BCUT2D eigenvalue weighted by atomic mass is 16.6. The van der Waals surface area contributed by atoms with Crippen LogP contribution in [0.1, 0.15) is 25.7 Å². The summed E-state index contributed by atoms with van der Waals surface area (Å²) in [6.45, 7) is 3.37. The highest BCUT2D eigenvalue weighted by molar-refractivity contribution is 5.99. The normalized spacial score (nSPS) is 27.4. The van der Waals surface area contributed by atoms with E-state index in [0.717, 1.165) is 0 Å². The van der Waals surface area contributed by atoms with Gasteiger partial charge in [-0.3, -0.25) is 19.7 Å². The van der Waals surface area contributed by atoms with Crippen LogP contribution in [0.3, 0.4) is 0 Å². The molecule has 1 saturated carbocycles. The fraction of sp³-hybridized carbons (Fsp3) is 0.556. The maximum atomic E-state index is 11.5. The summed E-state index contributed by atoms with van der Waals surface area (Å²) in [6, 6.07) is 0. The van der Waals surface area contributed by atoms with Gasteiger partial charge in [0.25, 0.3) is 5.54 Å². The summed E-state index contributed by atoms with van der Waals surface area (Å²) < 4.78 is 0. The minimum Gasteiger partial charge on any atom is -0.299 e. The Kier molecular flexibility index (Phi) is 2.78. The SMILES string of the molecule is C=CCC1([N+](=O)[O-])CC(=O)CCC1=O. The van der Waals surface area contributed by atoms with E-state index >= 15 is 0 Å². The molecule has 0 N–H and O–H groups in total. The second-order valence-electron chi connectivity index (χ2n) is 3.42. The Morgan fingerprint density at radius 3 is 2.64 bits per heavy atom. The van der Waals surface area contributed by atoms with Crippen molar-refractivity contribution >= 4 is 11.6 Å². The van der Waals surface area contributed by atoms with E-state index < -0.39 is 16.2 Å². The van der Waals surface area contributed by atoms with E-state index in [1.807, 2.05) is 0 Å². The van der Waals surface area contributed by atoms with Gasteiger partial charge in [0.1, 0.15) is 5.78 Å². The smallest absolute Gasteiger partial charge is 0.289 e. The molecule has 5 nitrogen and oxygen atoms in total. The predicted octanol–water partition coefficient (Wildman–Crippen LogP) is 0.900. The van der Waals surface area contributed by atoms with E-state index in [4.69, 9.17) is 0 Å². The van der Waals surface area contributed by atoms with E-state index in [0.29, 0.717) is 0 Å². The molecule has 0 aromatic rings. The third-order valence-electron chi connectivity index (χ3n) is 2.47. The average molecular weight is 197 g/mol. The lowest BCUT2D eigenvalue weighted by Gasteiger charge is -2.25. The van der Waals surface area contributed by atoms with E-state index in [2.05, 4.69) is 6.58 Å². The van der Waals surface area contributed by atoms with Crippen LogP contribution in [0.4, 0.5) is 0 Å². The Morgan fingerprint density at radius 1 is 1.50 bits per heavy atom. The first-order valence-corrected chi connectivity index (χ1v) is 4.33. The van der Waals surface area contributed by atoms with Crippen molar-refractivity contribution in [1.29, 1.82) is 0 Å². The standard InChI is InChI=1S/C9H11NO4/c1-2-5-9(10(13)14)6-7(11)3-4-8(9)12/h2H,1,3-6H2. The maximum Gasteiger partial charge on any atom is 0.289 e. The quantitative estimate of drug-likeness (QED) is 0.382. The zero-order valence-electron chi connectivity index (χ0n) is 7.69. The summed E-state index contributed by atoms with van der Waals surface area (Å²) in [7, 11) is 0. The van der Waals surface area contributed by atoms with Gasteiger partial charge in [0.2, 0.25) is 5.78 Å². The topological polar surface area (TPSA) is 77.3 Å². The van der Waals surface area contributed by atoms with E-state index in [-0.39, 0.29) is 31.5 Å². The van der Waals surface area contributed by atoms with E-state index in [1.165, 1.54) is 6.08 Å². The van der Waals surface area contributed by atoms with Crippen LogP contribution in [0.2, 0.25) is 0 Å². The number of rotatable bonds is 3. The molecular formula is C9H11NO4. The van der Waals surface area contributed by atoms with Crippen LogP contribution in [0.15, 0.2) is 12.7 Å². The largest absolute Gasteiger partial charge is 0.299 e. The number of hydrogen-bond acceptors (Lipinski definition) is 4. The molecule has 0 spiro atoms. The van der Waals surface area contributed by atoms with Crippen molar-refractivity contribution in [2.75, 3.05) is 0 Å². The molecule has 1 unspecified atom stereocenters. The number of nitrogens with zero attached hydrogens (tertiary/aromatic N) is 1. The Labute approximate surface area is 80.9 Å². The molecule has 0 saturated heterocycles. The van der Waals surface area contributed by atoms with Crippen molar-refractivity contribution in [2.45, 2.75) is 31.2 Å². The molecule has 0 radical (unpaired) electrons. The Morgan fingerprint density at radius 2 is 2.14 bits per heavy atom. The third-order valence-corrected chi connectivity index (χ3v) is 2.47. The molecule has 5 heteroatoms. The zero-order chi connectivity index (χ0) is 10.8. The summed E-state index contributed by atoms with van der Waals surface area (Å²) in [5.41, 5.74) is -1.73. The summed E-state index contributed by atoms with van der Waals surface area (Å²) in [4.78, 5) is 32.7. The fourth-order valence-corrected chi connectivity index (χ4v) is 1.66. The minimum atomic E-state index is -1.73. The van der Waals surface area contributed by atoms with Crippen LogP contribution < -0.4 is 0 Å². The Hall–Kier alpha value is -1.52. The number of ketones is 2. The molecule has 0 amide bonds. The molecule has 0 aromatic heterocycles. The summed E-state index contributed by atoms with van der Waals surface area (Å²) in [5, 5.41) is 10.8. The lowest BCUT2D eigenvalue weighted by molar-refractivity contribution is -0.551.